The highest BCUT2D eigenvalue weighted by Gasteiger charge is 2.51. The summed E-state index contributed by atoms with van der Waals surface area (Å²) >= 11 is 1.24. The number of aliphatic carboxylic acids is 1. The van der Waals surface area contributed by atoms with Crippen LogP contribution in [-0.2, 0) is 20.7 Å². The molecule has 2 bridgehead atoms. The SMILES string of the molecule is CCc1ccc(-c2csc(NC(=O)[C@@H]3[C@@H](C(=O)O)[C@H]4C=C[C@@H]3C4)c2C(=O)OC)cc1. The number of carboxylic acids is 1. The zero-order valence-corrected chi connectivity index (χ0v) is 17.6. The van der Waals surface area contributed by atoms with E-state index in [-0.39, 0.29) is 17.7 Å². The summed E-state index contributed by atoms with van der Waals surface area (Å²) in [7, 11) is 1.30. The molecule has 1 heterocycles. The van der Waals surface area contributed by atoms with Gasteiger partial charge < -0.3 is 15.2 Å². The Hall–Kier alpha value is -2.93. The van der Waals surface area contributed by atoms with E-state index in [0.29, 0.717) is 22.5 Å². The molecule has 1 amide bonds. The second kappa shape index (κ2) is 8.07. The molecule has 1 fully saturated rings. The van der Waals surface area contributed by atoms with Crippen molar-refractivity contribution < 1.29 is 24.2 Å². The fraction of sp³-hybridized carbons (Fsp3) is 0.348. The van der Waals surface area contributed by atoms with Gasteiger partial charge in [-0.3, -0.25) is 9.59 Å². The molecule has 0 saturated heterocycles. The number of benzene rings is 1. The number of amides is 1. The first kappa shape index (κ1) is 20.3. The molecule has 30 heavy (non-hydrogen) atoms. The number of carbonyl (C=O) groups excluding carboxylic acids is 2. The lowest BCUT2D eigenvalue weighted by molar-refractivity contribution is -0.146. The van der Waals surface area contributed by atoms with Gasteiger partial charge in [0.1, 0.15) is 10.6 Å². The molecule has 1 aromatic carbocycles. The second-order valence-electron chi connectivity index (χ2n) is 7.72. The molecule has 0 unspecified atom stereocenters. The van der Waals surface area contributed by atoms with Crippen LogP contribution in [0.3, 0.4) is 0 Å². The largest absolute Gasteiger partial charge is 0.481 e. The monoisotopic (exact) mass is 425 g/mol. The van der Waals surface area contributed by atoms with Crippen LogP contribution in [0, 0.1) is 23.7 Å². The summed E-state index contributed by atoms with van der Waals surface area (Å²) in [5.41, 5.74) is 3.03. The number of ether oxygens (including phenoxy) is 1. The quantitative estimate of drug-likeness (QED) is 0.534. The number of hydrogen-bond acceptors (Lipinski definition) is 5. The van der Waals surface area contributed by atoms with Crippen molar-refractivity contribution in [3.63, 3.8) is 0 Å². The molecule has 0 spiro atoms. The molecule has 156 valence electrons. The maximum atomic E-state index is 13.1. The number of carboxylic acid groups (broad SMARTS) is 1. The highest BCUT2D eigenvalue weighted by Crippen LogP contribution is 2.49. The number of nitrogens with one attached hydrogen (secondary N) is 1. The van der Waals surface area contributed by atoms with Gasteiger partial charge in [0.05, 0.1) is 18.9 Å². The lowest BCUT2D eigenvalue weighted by atomic mass is 9.82. The van der Waals surface area contributed by atoms with Crippen LogP contribution in [0.5, 0.6) is 0 Å². The highest BCUT2D eigenvalue weighted by molar-refractivity contribution is 7.15. The Balaban J connectivity index is 1.65. The van der Waals surface area contributed by atoms with Crippen molar-refractivity contribution in [3.05, 3.63) is 52.9 Å². The van der Waals surface area contributed by atoms with Crippen LogP contribution in [0.4, 0.5) is 5.00 Å². The normalized spacial score (nSPS) is 24.1. The predicted octanol–water partition coefficient (Wildman–Crippen LogP) is 4.23. The molecule has 0 aliphatic heterocycles. The number of esters is 1. The number of anilines is 1. The van der Waals surface area contributed by atoms with Gasteiger partial charge in [0.2, 0.25) is 5.91 Å². The average Bonchev–Trinajstić information content (AvgIpc) is 3.47. The molecule has 2 aliphatic carbocycles. The Labute approximate surface area is 178 Å². The van der Waals surface area contributed by atoms with Crippen molar-refractivity contribution in [1.29, 1.82) is 0 Å². The fourth-order valence-corrected chi connectivity index (χ4v) is 5.56. The van der Waals surface area contributed by atoms with Gasteiger partial charge in [-0.1, -0.05) is 43.3 Å². The zero-order valence-electron chi connectivity index (χ0n) is 16.8. The third kappa shape index (κ3) is 3.43. The predicted molar refractivity (Wildman–Crippen MR) is 114 cm³/mol. The molecule has 4 rings (SSSR count). The average molecular weight is 426 g/mol. The molecule has 6 nitrogen and oxygen atoms in total. The molecule has 1 aromatic heterocycles. The lowest BCUT2D eigenvalue weighted by Crippen LogP contribution is -2.36. The number of carbonyl (C=O) groups is 3. The van der Waals surface area contributed by atoms with Crippen LogP contribution in [0.2, 0.25) is 0 Å². The molecule has 1 saturated carbocycles. The van der Waals surface area contributed by atoms with Crippen molar-refractivity contribution in [2.45, 2.75) is 19.8 Å². The van der Waals surface area contributed by atoms with Gasteiger partial charge in [-0.05, 0) is 35.8 Å². The van der Waals surface area contributed by atoms with E-state index in [0.717, 1.165) is 12.0 Å². The number of hydrogen-bond donors (Lipinski definition) is 2. The summed E-state index contributed by atoms with van der Waals surface area (Å²) in [5, 5.41) is 14.6. The lowest BCUT2D eigenvalue weighted by Gasteiger charge is -2.23. The summed E-state index contributed by atoms with van der Waals surface area (Å²) in [4.78, 5) is 37.3. The van der Waals surface area contributed by atoms with Gasteiger partial charge in [-0.25, -0.2) is 4.79 Å². The number of rotatable bonds is 6. The van der Waals surface area contributed by atoms with Gasteiger partial charge in [-0.2, -0.15) is 0 Å². The topological polar surface area (TPSA) is 92.7 Å². The van der Waals surface area contributed by atoms with Crippen molar-refractivity contribution in [2.75, 3.05) is 12.4 Å². The summed E-state index contributed by atoms with van der Waals surface area (Å²) in [5.74, 6) is -3.43. The third-order valence-electron chi connectivity index (χ3n) is 6.14. The molecule has 4 atom stereocenters. The van der Waals surface area contributed by atoms with Crippen molar-refractivity contribution >= 4 is 34.2 Å². The first-order chi connectivity index (χ1) is 14.4. The Morgan fingerprint density at radius 3 is 2.40 bits per heavy atom. The molecule has 7 heteroatoms. The summed E-state index contributed by atoms with van der Waals surface area (Å²) in [6.07, 6.45) is 5.43. The molecular weight excluding hydrogens is 402 g/mol. The fourth-order valence-electron chi connectivity index (χ4n) is 4.60. The number of thiophene rings is 1. The molecule has 2 aliphatic rings. The molecule has 2 N–H and O–H groups in total. The Bertz CT molecular complexity index is 1020. The van der Waals surface area contributed by atoms with Gasteiger partial charge in [0.25, 0.3) is 0 Å². The van der Waals surface area contributed by atoms with Crippen molar-refractivity contribution in [2.24, 2.45) is 23.7 Å². The summed E-state index contributed by atoms with van der Waals surface area (Å²) in [6, 6.07) is 7.90. The second-order valence-corrected chi connectivity index (χ2v) is 8.60. The van der Waals surface area contributed by atoms with Crippen molar-refractivity contribution in [1.82, 2.24) is 0 Å². The summed E-state index contributed by atoms with van der Waals surface area (Å²) < 4.78 is 4.97. The number of allylic oxidation sites excluding steroid dienone is 2. The van der Waals surface area contributed by atoms with E-state index < -0.39 is 23.8 Å². The summed E-state index contributed by atoms with van der Waals surface area (Å²) in [6.45, 7) is 2.07. The number of aryl methyl sites for hydroxylation is 1. The van der Waals surface area contributed by atoms with Gasteiger partial charge >= 0.3 is 11.9 Å². The molecule has 2 aromatic rings. The smallest absolute Gasteiger partial charge is 0.341 e. The van der Waals surface area contributed by atoms with Gasteiger partial charge in [-0.15, -0.1) is 11.3 Å². The standard InChI is InChI=1S/C23H23NO5S/c1-3-12-4-6-13(7-5-12)16-11-30-21(19(16)23(28)29-2)24-20(25)17-14-8-9-15(10-14)18(17)22(26)27/h4-9,11,14-15,17-18H,3,10H2,1-2H3,(H,24,25)(H,26,27)/t14-,15+,17+,18+/m1/s1. The van der Waals surface area contributed by atoms with E-state index in [1.165, 1.54) is 24.0 Å². The van der Waals surface area contributed by atoms with E-state index in [9.17, 15) is 19.5 Å². The maximum Gasteiger partial charge on any atom is 0.341 e. The first-order valence-corrected chi connectivity index (χ1v) is 10.8. The van der Waals surface area contributed by atoms with Gasteiger partial charge in [0, 0.05) is 10.9 Å². The highest BCUT2D eigenvalue weighted by atomic mass is 32.1. The number of methoxy groups -OCH3 is 1. The van der Waals surface area contributed by atoms with Crippen LogP contribution >= 0.6 is 11.3 Å². The minimum absolute atomic E-state index is 0.0845. The number of fused-ring (bicyclic) bond motifs is 2. The van der Waals surface area contributed by atoms with Crippen LogP contribution in [0.1, 0.15) is 29.3 Å². The van der Waals surface area contributed by atoms with Crippen LogP contribution in [0.15, 0.2) is 41.8 Å². The molecular formula is C23H23NO5S. The van der Waals surface area contributed by atoms with Crippen LogP contribution in [0.25, 0.3) is 11.1 Å². The molecule has 0 radical (unpaired) electrons. The van der Waals surface area contributed by atoms with E-state index in [1.807, 2.05) is 41.8 Å². The third-order valence-corrected chi connectivity index (χ3v) is 7.03. The van der Waals surface area contributed by atoms with E-state index in [4.69, 9.17) is 4.74 Å². The van der Waals surface area contributed by atoms with Crippen molar-refractivity contribution in [3.8, 4) is 11.1 Å². The maximum absolute atomic E-state index is 13.1. The minimum Gasteiger partial charge on any atom is -0.481 e. The minimum atomic E-state index is -0.955. The van der Waals surface area contributed by atoms with E-state index >= 15 is 0 Å². The Morgan fingerprint density at radius 1 is 1.13 bits per heavy atom. The van der Waals surface area contributed by atoms with Gasteiger partial charge in [0.15, 0.2) is 0 Å². The zero-order chi connectivity index (χ0) is 21.4. The van der Waals surface area contributed by atoms with E-state index in [2.05, 4.69) is 12.2 Å². The van der Waals surface area contributed by atoms with Crippen LogP contribution in [-0.4, -0.2) is 30.1 Å². The van der Waals surface area contributed by atoms with E-state index in [1.54, 1.807) is 0 Å². The Kier molecular flexibility index (Phi) is 5.47. The van der Waals surface area contributed by atoms with Crippen LogP contribution < -0.4 is 5.32 Å². The first-order valence-electron chi connectivity index (χ1n) is 9.95. The Morgan fingerprint density at radius 2 is 1.80 bits per heavy atom.